The van der Waals surface area contributed by atoms with E-state index < -0.39 is 18.0 Å². The largest absolute Gasteiger partial charge is 0.480 e. The molecule has 3 N–H and O–H groups in total. The number of ether oxygens (including phenoxy) is 1. The van der Waals surface area contributed by atoms with E-state index in [-0.39, 0.29) is 12.0 Å². The van der Waals surface area contributed by atoms with Crippen LogP contribution in [0.5, 0.6) is 0 Å². The van der Waals surface area contributed by atoms with Crippen molar-refractivity contribution in [2.24, 2.45) is 5.92 Å². The number of nitrogens with one attached hydrogen (secondary N) is 2. The molecule has 1 heterocycles. The van der Waals surface area contributed by atoms with E-state index in [4.69, 9.17) is 9.84 Å². The zero-order valence-electron chi connectivity index (χ0n) is 11.1. The number of morpholine rings is 1. The van der Waals surface area contributed by atoms with Gasteiger partial charge in [0.05, 0.1) is 12.7 Å². The van der Waals surface area contributed by atoms with Crippen molar-refractivity contribution >= 4 is 12.0 Å². The molecule has 2 fully saturated rings. The number of carboxylic acid groups (broad SMARTS) is 1. The summed E-state index contributed by atoms with van der Waals surface area (Å²) < 4.78 is 5.51. The monoisotopic (exact) mass is 271 g/mol. The van der Waals surface area contributed by atoms with Gasteiger partial charge < -0.3 is 25.4 Å². The first-order valence-corrected chi connectivity index (χ1v) is 6.63. The Morgan fingerprint density at radius 1 is 1.47 bits per heavy atom. The average Bonchev–Trinajstić information content (AvgIpc) is 3.17. The molecule has 0 radical (unpaired) electrons. The predicted octanol–water partition coefficient (Wildman–Crippen LogP) is -0.521. The van der Waals surface area contributed by atoms with Crippen LogP contribution in [0, 0.1) is 5.92 Å². The van der Waals surface area contributed by atoms with Crippen molar-refractivity contribution in [1.29, 1.82) is 0 Å². The SMILES string of the molecule is CN1CCOC(CNC(=O)NC(C(=O)O)C2CC2)C1. The quantitative estimate of drug-likeness (QED) is 0.626. The minimum atomic E-state index is -0.966. The third kappa shape index (κ3) is 4.36. The molecule has 2 unspecified atom stereocenters. The first-order chi connectivity index (χ1) is 9.06. The Hall–Kier alpha value is -1.34. The Balaban J connectivity index is 1.70. The van der Waals surface area contributed by atoms with Crippen molar-refractivity contribution in [3.8, 4) is 0 Å². The van der Waals surface area contributed by atoms with Crippen molar-refractivity contribution in [3.63, 3.8) is 0 Å². The molecule has 2 rings (SSSR count). The first-order valence-electron chi connectivity index (χ1n) is 6.63. The minimum Gasteiger partial charge on any atom is -0.480 e. The number of carbonyl (C=O) groups excluding carboxylic acids is 1. The number of urea groups is 1. The molecule has 1 saturated heterocycles. The van der Waals surface area contributed by atoms with Crippen LogP contribution in [-0.2, 0) is 9.53 Å². The molecule has 7 nitrogen and oxygen atoms in total. The van der Waals surface area contributed by atoms with E-state index in [1.54, 1.807) is 0 Å². The van der Waals surface area contributed by atoms with E-state index in [0.29, 0.717) is 13.2 Å². The summed E-state index contributed by atoms with van der Waals surface area (Å²) in [5.74, 6) is -0.883. The molecule has 108 valence electrons. The van der Waals surface area contributed by atoms with Gasteiger partial charge in [-0.1, -0.05) is 0 Å². The first kappa shape index (κ1) is 14.1. The second-order valence-corrected chi connectivity index (χ2v) is 5.26. The average molecular weight is 271 g/mol. The Kier molecular flexibility index (Phi) is 4.60. The van der Waals surface area contributed by atoms with Gasteiger partial charge in [-0.3, -0.25) is 0 Å². The van der Waals surface area contributed by atoms with Gasteiger partial charge >= 0.3 is 12.0 Å². The molecule has 2 aliphatic rings. The Bertz CT molecular complexity index is 346. The van der Waals surface area contributed by atoms with Gasteiger partial charge in [-0.2, -0.15) is 0 Å². The van der Waals surface area contributed by atoms with Crippen LogP contribution in [0.4, 0.5) is 4.79 Å². The summed E-state index contributed by atoms with van der Waals surface area (Å²) in [6, 6.07) is -1.20. The van der Waals surface area contributed by atoms with Crippen LogP contribution >= 0.6 is 0 Å². The molecule has 1 aliphatic carbocycles. The van der Waals surface area contributed by atoms with E-state index in [2.05, 4.69) is 15.5 Å². The lowest BCUT2D eigenvalue weighted by molar-refractivity contribution is -0.139. The lowest BCUT2D eigenvalue weighted by Crippen LogP contribution is -2.51. The fraction of sp³-hybridized carbons (Fsp3) is 0.833. The lowest BCUT2D eigenvalue weighted by Gasteiger charge is -2.30. The Labute approximate surface area is 112 Å². The standard InChI is InChI=1S/C12H21N3O4/c1-15-4-5-19-9(7-15)6-13-12(18)14-10(11(16)17)8-2-3-8/h8-10H,2-7H2,1H3,(H,16,17)(H2,13,14,18). The van der Waals surface area contributed by atoms with Crippen LogP contribution in [-0.4, -0.2) is 67.4 Å². The van der Waals surface area contributed by atoms with Crippen molar-refractivity contribution in [3.05, 3.63) is 0 Å². The molecular weight excluding hydrogens is 250 g/mol. The van der Waals surface area contributed by atoms with Gasteiger partial charge in [0.25, 0.3) is 0 Å². The number of aliphatic carboxylic acids is 1. The molecule has 19 heavy (non-hydrogen) atoms. The fourth-order valence-electron chi connectivity index (χ4n) is 2.20. The zero-order valence-corrected chi connectivity index (χ0v) is 11.1. The third-order valence-electron chi connectivity index (χ3n) is 3.48. The van der Waals surface area contributed by atoms with Crippen molar-refractivity contribution < 1.29 is 19.4 Å². The van der Waals surface area contributed by atoms with Gasteiger partial charge in [0.2, 0.25) is 0 Å². The highest BCUT2D eigenvalue weighted by Crippen LogP contribution is 2.32. The number of carboxylic acids is 1. The summed E-state index contributed by atoms with van der Waals surface area (Å²) >= 11 is 0. The summed E-state index contributed by atoms with van der Waals surface area (Å²) in [6.07, 6.45) is 1.70. The number of amides is 2. The molecule has 0 spiro atoms. The summed E-state index contributed by atoms with van der Waals surface area (Å²) in [5.41, 5.74) is 0. The lowest BCUT2D eigenvalue weighted by atomic mass is 10.2. The van der Waals surface area contributed by atoms with Crippen LogP contribution in [0.1, 0.15) is 12.8 Å². The molecule has 1 saturated carbocycles. The van der Waals surface area contributed by atoms with Gasteiger partial charge in [-0.15, -0.1) is 0 Å². The topological polar surface area (TPSA) is 90.9 Å². The highest BCUT2D eigenvalue weighted by atomic mass is 16.5. The van der Waals surface area contributed by atoms with E-state index in [0.717, 1.165) is 25.9 Å². The second kappa shape index (κ2) is 6.21. The molecule has 1 aliphatic heterocycles. The van der Waals surface area contributed by atoms with Crippen LogP contribution in [0.25, 0.3) is 0 Å². The van der Waals surface area contributed by atoms with Crippen LogP contribution in [0.15, 0.2) is 0 Å². The summed E-state index contributed by atoms with van der Waals surface area (Å²) in [5, 5.41) is 14.2. The van der Waals surface area contributed by atoms with Crippen LogP contribution < -0.4 is 10.6 Å². The Morgan fingerprint density at radius 2 is 2.21 bits per heavy atom. The van der Waals surface area contributed by atoms with Crippen molar-refractivity contribution in [2.75, 3.05) is 33.3 Å². The number of nitrogens with zero attached hydrogens (tertiary/aromatic N) is 1. The molecular formula is C12H21N3O4. The molecule has 0 bridgehead atoms. The molecule has 0 aromatic carbocycles. The molecule has 0 aromatic heterocycles. The van der Waals surface area contributed by atoms with Crippen LogP contribution in [0.2, 0.25) is 0 Å². The van der Waals surface area contributed by atoms with Crippen molar-refractivity contribution in [1.82, 2.24) is 15.5 Å². The van der Waals surface area contributed by atoms with Crippen LogP contribution in [0.3, 0.4) is 0 Å². The zero-order chi connectivity index (χ0) is 13.8. The summed E-state index contributed by atoms with van der Waals surface area (Å²) in [6.45, 7) is 2.72. The summed E-state index contributed by atoms with van der Waals surface area (Å²) in [7, 11) is 2.00. The minimum absolute atomic E-state index is 0.0336. The highest BCUT2D eigenvalue weighted by Gasteiger charge is 2.37. The van der Waals surface area contributed by atoms with E-state index in [1.807, 2.05) is 7.05 Å². The molecule has 0 aromatic rings. The van der Waals surface area contributed by atoms with Gasteiger partial charge in [0.1, 0.15) is 6.04 Å². The molecule has 7 heteroatoms. The molecule has 2 amide bonds. The third-order valence-corrected chi connectivity index (χ3v) is 3.48. The van der Waals surface area contributed by atoms with Gasteiger partial charge in [-0.05, 0) is 25.8 Å². The number of rotatable bonds is 5. The number of likely N-dealkylation sites (N-methyl/N-ethyl adjacent to an activating group) is 1. The number of hydrogen-bond acceptors (Lipinski definition) is 4. The number of carbonyl (C=O) groups is 2. The second-order valence-electron chi connectivity index (χ2n) is 5.26. The van der Waals surface area contributed by atoms with Gasteiger partial charge in [0, 0.05) is 19.6 Å². The maximum absolute atomic E-state index is 11.7. The Morgan fingerprint density at radius 3 is 2.79 bits per heavy atom. The van der Waals surface area contributed by atoms with Gasteiger partial charge in [0.15, 0.2) is 0 Å². The normalized spacial score (nSPS) is 25.6. The van der Waals surface area contributed by atoms with E-state index in [1.165, 1.54) is 0 Å². The highest BCUT2D eigenvalue weighted by molar-refractivity contribution is 5.83. The van der Waals surface area contributed by atoms with E-state index >= 15 is 0 Å². The fourth-order valence-corrected chi connectivity index (χ4v) is 2.20. The summed E-state index contributed by atoms with van der Waals surface area (Å²) in [4.78, 5) is 24.8. The van der Waals surface area contributed by atoms with Crippen molar-refractivity contribution in [2.45, 2.75) is 25.0 Å². The van der Waals surface area contributed by atoms with E-state index in [9.17, 15) is 9.59 Å². The maximum atomic E-state index is 11.7. The molecule has 2 atom stereocenters. The number of hydrogen-bond donors (Lipinski definition) is 3. The predicted molar refractivity (Wildman–Crippen MR) is 67.9 cm³/mol. The maximum Gasteiger partial charge on any atom is 0.326 e. The van der Waals surface area contributed by atoms with Gasteiger partial charge in [-0.25, -0.2) is 9.59 Å². The smallest absolute Gasteiger partial charge is 0.326 e.